The van der Waals surface area contributed by atoms with E-state index >= 15 is 0 Å². The smallest absolute Gasteiger partial charge is 0.286 e. The second kappa shape index (κ2) is 5.51. The van der Waals surface area contributed by atoms with Gasteiger partial charge in [0.2, 0.25) is 12.6 Å². The predicted molar refractivity (Wildman–Crippen MR) is 79.8 cm³/mol. The summed E-state index contributed by atoms with van der Waals surface area (Å²) in [6.07, 6.45) is 3.69. The summed E-state index contributed by atoms with van der Waals surface area (Å²) in [5.41, 5.74) is 8.15. The molecule has 2 aromatic rings. The number of benzene rings is 1. The SMILES string of the molecule is NC(=O)c1n[c]c2c(n1)CN(Cc1ccc3c(c1)OCO3)CC2. The van der Waals surface area contributed by atoms with Gasteiger partial charge in [-0.05, 0) is 24.1 Å². The Balaban J connectivity index is 1.51. The normalized spacial score (nSPS) is 16.2. The lowest BCUT2D eigenvalue weighted by Crippen LogP contribution is -2.32. The van der Waals surface area contributed by atoms with Crippen LogP contribution in [0.5, 0.6) is 11.5 Å². The van der Waals surface area contributed by atoms with Crippen molar-refractivity contribution >= 4 is 5.91 Å². The van der Waals surface area contributed by atoms with Gasteiger partial charge >= 0.3 is 0 Å². The predicted octanol–water partition coefficient (Wildman–Crippen LogP) is 0.663. The average molecular weight is 311 g/mol. The van der Waals surface area contributed by atoms with Gasteiger partial charge in [-0.3, -0.25) is 9.69 Å². The molecule has 1 radical (unpaired) electrons. The highest BCUT2D eigenvalue weighted by atomic mass is 16.7. The number of fused-ring (bicyclic) bond motifs is 2. The molecule has 7 nitrogen and oxygen atoms in total. The van der Waals surface area contributed by atoms with E-state index in [2.05, 4.69) is 21.1 Å². The Morgan fingerprint density at radius 1 is 1.35 bits per heavy atom. The Kier molecular flexibility index (Phi) is 3.34. The highest BCUT2D eigenvalue weighted by Gasteiger charge is 2.21. The summed E-state index contributed by atoms with van der Waals surface area (Å²) in [4.78, 5) is 21.6. The van der Waals surface area contributed by atoms with Crippen molar-refractivity contribution in [3.63, 3.8) is 0 Å². The molecule has 0 fully saturated rings. The molecular weight excluding hydrogens is 296 g/mol. The van der Waals surface area contributed by atoms with Crippen LogP contribution in [0.4, 0.5) is 0 Å². The lowest BCUT2D eigenvalue weighted by Gasteiger charge is -2.27. The van der Waals surface area contributed by atoms with E-state index in [-0.39, 0.29) is 12.6 Å². The van der Waals surface area contributed by atoms with Crippen molar-refractivity contribution in [1.29, 1.82) is 0 Å². The zero-order valence-corrected chi connectivity index (χ0v) is 12.4. The fourth-order valence-electron chi connectivity index (χ4n) is 2.84. The number of aromatic nitrogens is 2. The van der Waals surface area contributed by atoms with Gasteiger partial charge in [0.05, 0.1) is 11.9 Å². The van der Waals surface area contributed by atoms with E-state index < -0.39 is 5.91 Å². The molecule has 0 spiro atoms. The Morgan fingerprint density at radius 2 is 2.22 bits per heavy atom. The monoisotopic (exact) mass is 311 g/mol. The summed E-state index contributed by atoms with van der Waals surface area (Å²) in [5, 5.41) is 0. The van der Waals surface area contributed by atoms with Crippen molar-refractivity contribution in [1.82, 2.24) is 14.9 Å². The molecule has 0 aliphatic carbocycles. The maximum atomic E-state index is 11.2. The first kappa shape index (κ1) is 14.0. The fraction of sp³-hybridized carbons (Fsp3) is 0.312. The van der Waals surface area contributed by atoms with Crippen molar-refractivity contribution in [2.24, 2.45) is 5.73 Å². The van der Waals surface area contributed by atoms with Crippen LogP contribution in [0.3, 0.4) is 0 Å². The first-order valence-electron chi connectivity index (χ1n) is 7.37. The maximum absolute atomic E-state index is 11.2. The van der Waals surface area contributed by atoms with Gasteiger partial charge < -0.3 is 15.2 Å². The third-order valence-electron chi connectivity index (χ3n) is 4.00. The van der Waals surface area contributed by atoms with E-state index in [1.54, 1.807) is 0 Å². The zero-order chi connectivity index (χ0) is 15.8. The molecule has 1 amide bonds. The number of nitrogens with two attached hydrogens (primary N) is 1. The lowest BCUT2D eigenvalue weighted by atomic mass is 10.1. The number of primary amides is 1. The number of ether oxygens (including phenoxy) is 2. The molecule has 2 aliphatic heterocycles. The number of nitrogens with zero attached hydrogens (tertiary/aromatic N) is 3. The molecule has 0 saturated carbocycles. The van der Waals surface area contributed by atoms with Crippen LogP contribution in [0, 0.1) is 6.20 Å². The number of carbonyl (C=O) groups is 1. The van der Waals surface area contributed by atoms with Gasteiger partial charge in [0.1, 0.15) is 0 Å². The number of carbonyl (C=O) groups excluding carboxylic acids is 1. The van der Waals surface area contributed by atoms with Crippen LogP contribution in [-0.2, 0) is 19.5 Å². The molecule has 1 aromatic carbocycles. The van der Waals surface area contributed by atoms with Gasteiger partial charge in [-0.15, -0.1) is 0 Å². The van der Waals surface area contributed by atoms with Crippen LogP contribution in [0.25, 0.3) is 0 Å². The number of amides is 1. The molecule has 2 aliphatic rings. The molecular formula is C16H15N4O3. The van der Waals surface area contributed by atoms with Crippen molar-refractivity contribution in [2.45, 2.75) is 19.5 Å². The van der Waals surface area contributed by atoms with Crippen LogP contribution >= 0.6 is 0 Å². The molecule has 3 heterocycles. The van der Waals surface area contributed by atoms with Crippen LogP contribution in [0.1, 0.15) is 27.4 Å². The van der Waals surface area contributed by atoms with Gasteiger partial charge in [-0.2, -0.15) is 0 Å². The van der Waals surface area contributed by atoms with Crippen LogP contribution in [0.15, 0.2) is 18.2 Å². The Bertz CT molecular complexity index is 778. The first-order valence-corrected chi connectivity index (χ1v) is 7.37. The van der Waals surface area contributed by atoms with E-state index in [4.69, 9.17) is 15.2 Å². The maximum Gasteiger partial charge on any atom is 0.286 e. The van der Waals surface area contributed by atoms with Gasteiger partial charge in [0, 0.05) is 25.2 Å². The van der Waals surface area contributed by atoms with E-state index in [0.717, 1.165) is 47.8 Å². The topological polar surface area (TPSA) is 90.6 Å². The third-order valence-corrected chi connectivity index (χ3v) is 4.00. The van der Waals surface area contributed by atoms with Gasteiger partial charge in [0.15, 0.2) is 11.5 Å². The highest BCUT2D eigenvalue weighted by Crippen LogP contribution is 2.33. The summed E-state index contributed by atoms with van der Waals surface area (Å²) in [7, 11) is 0. The van der Waals surface area contributed by atoms with E-state index in [1.165, 1.54) is 0 Å². The Morgan fingerprint density at radius 3 is 3.09 bits per heavy atom. The van der Waals surface area contributed by atoms with Crippen molar-refractivity contribution < 1.29 is 14.3 Å². The second-order valence-corrected chi connectivity index (χ2v) is 5.60. The quantitative estimate of drug-likeness (QED) is 0.895. The minimum Gasteiger partial charge on any atom is -0.454 e. The number of hydrogen-bond donors (Lipinski definition) is 1. The van der Waals surface area contributed by atoms with E-state index in [1.807, 2.05) is 18.2 Å². The van der Waals surface area contributed by atoms with E-state index in [9.17, 15) is 4.79 Å². The molecule has 0 bridgehead atoms. The largest absolute Gasteiger partial charge is 0.454 e. The molecule has 1 aromatic heterocycles. The summed E-state index contributed by atoms with van der Waals surface area (Å²) in [6.45, 7) is 2.57. The summed E-state index contributed by atoms with van der Waals surface area (Å²) >= 11 is 0. The highest BCUT2D eigenvalue weighted by molar-refractivity contribution is 5.88. The molecule has 7 heteroatoms. The second-order valence-electron chi connectivity index (χ2n) is 5.60. The minimum absolute atomic E-state index is 0.0219. The molecule has 117 valence electrons. The first-order chi connectivity index (χ1) is 11.2. The Hall–Kier alpha value is -2.67. The summed E-state index contributed by atoms with van der Waals surface area (Å²) < 4.78 is 10.7. The molecule has 0 saturated heterocycles. The molecule has 4 rings (SSSR count). The summed E-state index contributed by atoms with van der Waals surface area (Å²) in [6, 6.07) is 5.96. The lowest BCUT2D eigenvalue weighted by molar-refractivity contribution is 0.0989. The molecule has 23 heavy (non-hydrogen) atoms. The average Bonchev–Trinajstić information content (AvgIpc) is 3.02. The molecule has 2 N–H and O–H groups in total. The van der Waals surface area contributed by atoms with Crippen molar-refractivity contribution in [2.75, 3.05) is 13.3 Å². The van der Waals surface area contributed by atoms with Crippen LogP contribution < -0.4 is 15.2 Å². The van der Waals surface area contributed by atoms with Crippen molar-refractivity contribution in [3.8, 4) is 11.5 Å². The fourth-order valence-corrected chi connectivity index (χ4v) is 2.84. The zero-order valence-electron chi connectivity index (χ0n) is 12.4. The van der Waals surface area contributed by atoms with Crippen LogP contribution in [0.2, 0.25) is 0 Å². The molecule has 0 atom stereocenters. The van der Waals surface area contributed by atoms with Crippen molar-refractivity contribution in [3.05, 3.63) is 47.0 Å². The Labute approximate surface area is 133 Å². The van der Waals surface area contributed by atoms with E-state index in [0.29, 0.717) is 6.54 Å². The molecule has 0 unspecified atom stereocenters. The number of hydrogen-bond acceptors (Lipinski definition) is 6. The van der Waals surface area contributed by atoms with Gasteiger partial charge in [-0.1, -0.05) is 6.07 Å². The third kappa shape index (κ3) is 2.70. The van der Waals surface area contributed by atoms with Gasteiger partial charge in [-0.25, -0.2) is 9.97 Å². The standard InChI is InChI=1S/C16H15N4O3/c17-15(21)16-18-6-11-3-4-20(8-12(11)19-16)7-10-1-2-13-14(5-10)23-9-22-13/h1-2,5H,3-4,7-9H2,(H2,17,21). The van der Waals surface area contributed by atoms with Gasteiger partial charge in [0.25, 0.3) is 5.91 Å². The summed E-state index contributed by atoms with van der Waals surface area (Å²) in [5.74, 6) is 0.961. The minimum atomic E-state index is -0.628. The van der Waals surface area contributed by atoms with Crippen LogP contribution in [-0.4, -0.2) is 34.1 Å². The number of rotatable bonds is 3.